The fourth-order valence-corrected chi connectivity index (χ4v) is 1.81. The Morgan fingerprint density at radius 2 is 2.29 bits per heavy atom. The summed E-state index contributed by atoms with van der Waals surface area (Å²) in [5, 5.41) is 4.13. The number of aromatic nitrogens is 2. The molecular formula is C11H21N3. The summed E-state index contributed by atoms with van der Waals surface area (Å²) in [6.07, 6.45) is 7.42. The lowest BCUT2D eigenvalue weighted by Gasteiger charge is -2.15. The van der Waals surface area contributed by atoms with Crippen molar-refractivity contribution in [1.29, 1.82) is 0 Å². The van der Waals surface area contributed by atoms with Crippen LogP contribution in [0.4, 0.5) is 0 Å². The summed E-state index contributed by atoms with van der Waals surface area (Å²) < 4.78 is 1.81. The summed E-state index contributed by atoms with van der Waals surface area (Å²) in [7, 11) is 1.92. The predicted molar refractivity (Wildman–Crippen MR) is 58.8 cm³/mol. The van der Waals surface area contributed by atoms with Gasteiger partial charge in [0.05, 0.1) is 6.20 Å². The van der Waals surface area contributed by atoms with E-state index in [1.54, 1.807) is 4.68 Å². The average molecular weight is 195 g/mol. The Morgan fingerprint density at radius 1 is 1.57 bits per heavy atom. The van der Waals surface area contributed by atoms with Crippen LogP contribution >= 0.6 is 0 Å². The maximum atomic E-state index is 6.09. The molecule has 1 heterocycles. The van der Waals surface area contributed by atoms with Gasteiger partial charge in [-0.25, -0.2) is 0 Å². The van der Waals surface area contributed by atoms with Crippen LogP contribution < -0.4 is 5.73 Å². The molecule has 0 saturated heterocycles. The second-order valence-corrected chi connectivity index (χ2v) is 4.18. The normalized spacial score (nSPS) is 15.4. The minimum Gasteiger partial charge on any atom is -0.324 e. The lowest BCUT2D eigenvalue weighted by Crippen LogP contribution is -2.13. The highest BCUT2D eigenvalue weighted by Crippen LogP contribution is 2.20. The number of aryl methyl sites for hydroxylation is 1. The second-order valence-electron chi connectivity index (χ2n) is 4.18. The molecule has 3 nitrogen and oxygen atoms in total. The van der Waals surface area contributed by atoms with E-state index in [1.807, 2.05) is 19.4 Å². The van der Waals surface area contributed by atoms with Gasteiger partial charge in [0.2, 0.25) is 0 Å². The molecule has 1 rings (SSSR count). The van der Waals surface area contributed by atoms with Crippen molar-refractivity contribution in [3.8, 4) is 0 Å². The molecule has 0 saturated carbocycles. The first-order chi connectivity index (χ1) is 6.63. The van der Waals surface area contributed by atoms with Crippen molar-refractivity contribution in [1.82, 2.24) is 9.78 Å². The van der Waals surface area contributed by atoms with Crippen LogP contribution in [-0.4, -0.2) is 9.78 Å². The number of hydrogen-bond acceptors (Lipinski definition) is 2. The van der Waals surface area contributed by atoms with Crippen LogP contribution in [-0.2, 0) is 7.05 Å². The zero-order chi connectivity index (χ0) is 10.6. The van der Waals surface area contributed by atoms with Gasteiger partial charge in [-0.1, -0.05) is 26.7 Å². The van der Waals surface area contributed by atoms with E-state index in [0.29, 0.717) is 5.92 Å². The van der Waals surface area contributed by atoms with Crippen LogP contribution in [0.1, 0.15) is 44.7 Å². The van der Waals surface area contributed by atoms with E-state index in [9.17, 15) is 0 Å². The fraction of sp³-hybridized carbons (Fsp3) is 0.727. The third-order valence-corrected chi connectivity index (χ3v) is 2.59. The molecular weight excluding hydrogens is 174 g/mol. The molecule has 3 heteroatoms. The van der Waals surface area contributed by atoms with Crippen molar-refractivity contribution >= 4 is 0 Å². The van der Waals surface area contributed by atoms with Gasteiger partial charge in [0.25, 0.3) is 0 Å². The quantitative estimate of drug-likeness (QED) is 0.783. The number of hydrogen-bond donors (Lipinski definition) is 1. The average Bonchev–Trinajstić information content (AvgIpc) is 2.52. The van der Waals surface area contributed by atoms with Crippen LogP contribution in [0.25, 0.3) is 0 Å². The van der Waals surface area contributed by atoms with Gasteiger partial charge in [-0.3, -0.25) is 4.68 Å². The number of nitrogens with two attached hydrogens (primary N) is 1. The highest BCUT2D eigenvalue weighted by Gasteiger charge is 2.11. The van der Waals surface area contributed by atoms with Crippen molar-refractivity contribution in [3.63, 3.8) is 0 Å². The molecule has 0 bridgehead atoms. The van der Waals surface area contributed by atoms with Gasteiger partial charge in [0, 0.05) is 24.8 Å². The monoisotopic (exact) mass is 195 g/mol. The molecule has 2 atom stereocenters. The van der Waals surface area contributed by atoms with E-state index >= 15 is 0 Å². The van der Waals surface area contributed by atoms with Crippen LogP contribution in [0.5, 0.6) is 0 Å². The lowest BCUT2D eigenvalue weighted by atomic mass is 9.95. The highest BCUT2D eigenvalue weighted by molar-refractivity contribution is 5.09. The summed E-state index contributed by atoms with van der Waals surface area (Å²) >= 11 is 0. The first kappa shape index (κ1) is 11.2. The van der Waals surface area contributed by atoms with E-state index in [2.05, 4.69) is 18.9 Å². The SMILES string of the molecule is CCCC(C)CC(N)c1cnn(C)c1. The minimum absolute atomic E-state index is 0.144. The van der Waals surface area contributed by atoms with Crippen molar-refractivity contribution in [2.45, 2.75) is 39.2 Å². The van der Waals surface area contributed by atoms with Gasteiger partial charge in [-0.2, -0.15) is 5.10 Å². The summed E-state index contributed by atoms with van der Waals surface area (Å²) in [6.45, 7) is 4.48. The van der Waals surface area contributed by atoms with E-state index in [0.717, 1.165) is 12.0 Å². The Balaban J connectivity index is 2.45. The molecule has 2 unspecified atom stereocenters. The fourth-order valence-electron chi connectivity index (χ4n) is 1.81. The standard InChI is InChI=1S/C11H21N3/c1-4-5-9(2)6-11(12)10-7-13-14(3)8-10/h7-9,11H,4-6,12H2,1-3H3. The highest BCUT2D eigenvalue weighted by atomic mass is 15.2. The van der Waals surface area contributed by atoms with Crippen LogP contribution in [0.15, 0.2) is 12.4 Å². The molecule has 1 aromatic rings. The first-order valence-electron chi connectivity index (χ1n) is 5.37. The topological polar surface area (TPSA) is 43.8 Å². The maximum Gasteiger partial charge on any atom is 0.0537 e. The summed E-state index contributed by atoms with van der Waals surface area (Å²) in [5.41, 5.74) is 7.23. The summed E-state index contributed by atoms with van der Waals surface area (Å²) in [5.74, 6) is 0.704. The van der Waals surface area contributed by atoms with Crippen molar-refractivity contribution in [2.75, 3.05) is 0 Å². The zero-order valence-corrected chi connectivity index (χ0v) is 9.40. The molecule has 80 valence electrons. The zero-order valence-electron chi connectivity index (χ0n) is 9.40. The number of rotatable bonds is 5. The van der Waals surface area contributed by atoms with E-state index < -0.39 is 0 Å². The molecule has 0 fully saturated rings. The molecule has 0 aromatic carbocycles. The molecule has 0 spiro atoms. The number of nitrogens with zero attached hydrogens (tertiary/aromatic N) is 2. The molecule has 2 N–H and O–H groups in total. The molecule has 14 heavy (non-hydrogen) atoms. The molecule has 0 aliphatic carbocycles. The minimum atomic E-state index is 0.144. The van der Waals surface area contributed by atoms with Gasteiger partial charge in [-0.05, 0) is 12.3 Å². The van der Waals surface area contributed by atoms with Crippen molar-refractivity contribution in [3.05, 3.63) is 18.0 Å². The molecule has 1 aromatic heterocycles. The molecule has 0 radical (unpaired) electrons. The largest absolute Gasteiger partial charge is 0.324 e. The van der Waals surface area contributed by atoms with Crippen LogP contribution in [0.3, 0.4) is 0 Å². The van der Waals surface area contributed by atoms with E-state index in [1.165, 1.54) is 12.8 Å². The van der Waals surface area contributed by atoms with Crippen LogP contribution in [0, 0.1) is 5.92 Å². The Labute approximate surface area is 86.3 Å². The van der Waals surface area contributed by atoms with E-state index in [4.69, 9.17) is 5.73 Å². The van der Waals surface area contributed by atoms with Gasteiger partial charge >= 0.3 is 0 Å². The maximum absolute atomic E-state index is 6.09. The Kier molecular flexibility index (Phi) is 4.14. The summed E-state index contributed by atoms with van der Waals surface area (Å²) in [6, 6.07) is 0.144. The smallest absolute Gasteiger partial charge is 0.0537 e. The Bertz CT molecular complexity index is 267. The van der Waals surface area contributed by atoms with Gasteiger partial charge in [0.1, 0.15) is 0 Å². The Morgan fingerprint density at radius 3 is 2.79 bits per heavy atom. The van der Waals surface area contributed by atoms with Crippen molar-refractivity contribution in [2.24, 2.45) is 18.7 Å². The Hall–Kier alpha value is -0.830. The third kappa shape index (κ3) is 3.14. The second kappa shape index (κ2) is 5.15. The van der Waals surface area contributed by atoms with Crippen LogP contribution in [0.2, 0.25) is 0 Å². The first-order valence-corrected chi connectivity index (χ1v) is 5.37. The molecule has 0 amide bonds. The van der Waals surface area contributed by atoms with Gasteiger partial charge in [0.15, 0.2) is 0 Å². The summed E-state index contributed by atoms with van der Waals surface area (Å²) in [4.78, 5) is 0. The predicted octanol–water partition coefficient (Wildman–Crippen LogP) is 2.25. The van der Waals surface area contributed by atoms with Gasteiger partial charge in [-0.15, -0.1) is 0 Å². The van der Waals surface area contributed by atoms with Gasteiger partial charge < -0.3 is 5.73 Å². The lowest BCUT2D eigenvalue weighted by molar-refractivity contribution is 0.440. The van der Waals surface area contributed by atoms with Crippen molar-refractivity contribution < 1.29 is 0 Å². The molecule has 0 aliphatic heterocycles. The molecule has 0 aliphatic rings. The third-order valence-electron chi connectivity index (χ3n) is 2.59. The van der Waals surface area contributed by atoms with E-state index in [-0.39, 0.29) is 6.04 Å².